The summed E-state index contributed by atoms with van der Waals surface area (Å²) in [5.74, 6) is -0.251. The number of ether oxygens (including phenoxy) is 1. The molecule has 1 aromatic rings. The van der Waals surface area contributed by atoms with Gasteiger partial charge < -0.3 is 10.5 Å². The van der Waals surface area contributed by atoms with Crippen molar-refractivity contribution in [2.24, 2.45) is 0 Å². The lowest BCUT2D eigenvalue weighted by Gasteiger charge is -2.04. The van der Waals surface area contributed by atoms with Crippen LogP contribution in [-0.4, -0.2) is 18.1 Å². The van der Waals surface area contributed by atoms with Crippen LogP contribution in [0, 0.1) is 6.92 Å². The fourth-order valence-electron chi connectivity index (χ4n) is 0.916. The number of nitrogens with zero attached hydrogens (tertiary/aromatic N) is 1. The van der Waals surface area contributed by atoms with Gasteiger partial charge in [-0.2, -0.15) is 0 Å². The van der Waals surface area contributed by atoms with Crippen LogP contribution in [0.2, 0.25) is 5.02 Å². The minimum Gasteiger partial charge on any atom is -0.465 e. The van der Waals surface area contributed by atoms with E-state index in [9.17, 15) is 4.79 Å². The number of carbonyl (C=O) groups is 1. The van der Waals surface area contributed by atoms with E-state index < -0.39 is 5.97 Å². The maximum atomic E-state index is 11.1. The number of nitrogens with two attached hydrogens (primary N) is 1. The Morgan fingerprint density at radius 2 is 2.31 bits per heavy atom. The molecule has 0 aliphatic carbocycles. The molecule has 1 rings (SSSR count). The molecule has 0 radical (unpaired) electrons. The van der Waals surface area contributed by atoms with E-state index in [1.54, 1.807) is 6.92 Å². The Hall–Kier alpha value is -1.29. The Morgan fingerprint density at radius 3 is 2.85 bits per heavy atom. The van der Waals surface area contributed by atoms with E-state index in [0.29, 0.717) is 11.3 Å². The lowest BCUT2D eigenvalue weighted by Crippen LogP contribution is -2.07. The number of aromatic nitrogens is 1. The third kappa shape index (κ3) is 1.89. The number of rotatable bonds is 1. The molecule has 0 aliphatic rings. The third-order valence-corrected chi connectivity index (χ3v) is 1.90. The van der Waals surface area contributed by atoms with Gasteiger partial charge in [0, 0.05) is 0 Å². The summed E-state index contributed by atoms with van der Waals surface area (Å²) in [4.78, 5) is 15.0. The second kappa shape index (κ2) is 3.62. The van der Waals surface area contributed by atoms with E-state index in [1.165, 1.54) is 13.2 Å². The molecule has 5 heteroatoms. The third-order valence-electron chi connectivity index (χ3n) is 1.60. The molecule has 0 fully saturated rings. The number of esters is 1. The molecule has 1 aromatic heterocycles. The highest BCUT2D eigenvalue weighted by Crippen LogP contribution is 2.20. The van der Waals surface area contributed by atoms with Gasteiger partial charge in [0.15, 0.2) is 0 Å². The standard InChI is InChI=1S/C8H9ClN2O2/c1-4-5(8(12)13-2)3-6(9)7(10)11-4/h3H,1-2H3,(H2,10,11). The molecule has 0 spiro atoms. The molecule has 13 heavy (non-hydrogen) atoms. The summed E-state index contributed by atoms with van der Waals surface area (Å²) >= 11 is 5.69. The number of halogens is 1. The first kappa shape index (κ1) is 9.80. The number of methoxy groups -OCH3 is 1. The molecule has 70 valence electrons. The van der Waals surface area contributed by atoms with Crippen LogP contribution in [0.25, 0.3) is 0 Å². The van der Waals surface area contributed by atoms with Gasteiger partial charge in [0.1, 0.15) is 5.82 Å². The molecule has 0 aromatic carbocycles. The summed E-state index contributed by atoms with van der Waals surface area (Å²) in [5, 5.41) is 0.256. The quantitative estimate of drug-likeness (QED) is 0.697. The van der Waals surface area contributed by atoms with Crippen molar-refractivity contribution in [2.45, 2.75) is 6.92 Å². The van der Waals surface area contributed by atoms with E-state index in [2.05, 4.69) is 9.72 Å². The molecular weight excluding hydrogens is 192 g/mol. The Labute approximate surface area is 80.7 Å². The zero-order valence-electron chi connectivity index (χ0n) is 7.30. The van der Waals surface area contributed by atoms with Crippen LogP contribution in [0.5, 0.6) is 0 Å². The number of hydrogen-bond acceptors (Lipinski definition) is 4. The highest BCUT2D eigenvalue weighted by molar-refractivity contribution is 6.33. The zero-order chi connectivity index (χ0) is 10.0. The number of hydrogen-bond donors (Lipinski definition) is 1. The highest BCUT2D eigenvalue weighted by atomic mass is 35.5. The van der Waals surface area contributed by atoms with Gasteiger partial charge in [-0.05, 0) is 13.0 Å². The summed E-state index contributed by atoms with van der Waals surface area (Å²) in [6, 6.07) is 1.45. The summed E-state index contributed by atoms with van der Waals surface area (Å²) in [7, 11) is 1.30. The van der Waals surface area contributed by atoms with Crippen LogP contribution >= 0.6 is 11.6 Å². The molecule has 4 nitrogen and oxygen atoms in total. The van der Waals surface area contributed by atoms with Crippen LogP contribution in [0.15, 0.2) is 6.07 Å². The minimum absolute atomic E-state index is 0.215. The van der Waals surface area contributed by atoms with Gasteiger partial charge in [0.05, 0.1) is 23.4 Å². The average Bonchev–Trinajstić information content (AvgIpc) is 2.10. The van der Waals surface area contributed by atoms with Gasteiger partial charge >= 0.3 is 5.97 Å². The Balaban J connectivity index is 3.23. The second-order valence-electron chi connectivity index (χ2n) is 2.48. The van der Waals surface area contributed by atoms with Gasteiger partial charge in [-0.15, -0.1) is 0 Å². The normalized spacial score (nSPS) is 9.77. The zero-order valence-corrected chi connectivity index (χ0v) is 8.05. The fraction of sp³-hybridized carbons (Fsp3) is 0.250. The van der Waals surface area contributed by atoms with Crippen molar-refractivity contribution in [2.75, 3.05) is 12.8 Å². The van der Waals surface area contributed by atoms with Crippen molar-refractivity contribution in [3.63, 3.8) is 0 Å². The lowest BCUT2D eigenvalue weighted by atomic mass is 10.2. The molecular formula is C8H9ClN2O2. The van der Waals surface area contributed by atoms with Gasteiger partial charge in [-0.25, -0.2) is 9.78 Å². The number of pyridine rings is 1. The van der Waals surface area contributed by atoms with Crippen molar-refractivity contribution in [1.82, 2.24) is 4.98 Å². The Kier molecular flexibility index (Phi) is 2.72. The maximum Gasteiger partial charge on any atom is 0.339 e. The molecule has 0 atom stereocenters. The summed E-state index contributed by atoms with van der Waals surface area (Å²) in [6.45, 7) is 1.67. The fourth-order valence-corrected chi connectivity index (χ4v) is 1.07. The maximum absolute atomic E-state index is 11.1. The molecule has 0 unspecified atom stereocenters. The first-order valence-electron chi connectivity index (χ1n) is 3.57. The van der Waals surface area contributed by atoms with E-state index in [0.717, 1.165) is 0 Å². The van der Waals surface area contributed by atoms with E-state index in [-0.39, 0.29) is 10.8 Å². The molecule has 0 bridgehead atoms. The average molecular weight is 201 g/mol. The highest BCUT2D eigenvalue weighted by Gasteiger charge is 2.12. The molecule has 1 heterocycles. The van der Waals surface area contributed by atoms with E-state index in [1.807, 2.05) is 0 Å². The number of aryl methyl sites for hydroxylation is 1. The lowest BCUT2D eigenvalue weighted by molar-refractivity contribution is 0.0599. The number of anilines is 1. The van der Waals surface area contributed by atoms with Crippen molar-refractivity contribution >= 4 is 23.4 Å². The van der Waals surface area contributed by atoms with Crippen LogP contribution in [-0.2, 0) is 4.74 Å². The van der Waals surface area contributed by atoms with Crippen LogP contribution in [0.3, 0.4) is 0 Å². The minimum atomic E-state index is -0.466. The van der Waals surface area contributed by atoms with Crippen molar-refractivity contribution in [3.8, 4) is 0 Å². The number of nitrogen functional groups attached to an aromatic ring is 1. The van der Waals surface area contributed by atoms with Gasteiger partial charge in [0.2, 0.25) is 0 Å². The van der Waals surface area contributed by atoms with Crippen LogP contribution < -0.4 is 5.73 Å². The first-order chi connectivity index (χ1) is 6.06. The summed E-state index contributed by atoms with van der Waals surface area (Å²) in [6.07, 6.45) is 0. The predicted molar refractivity (Wildman–Crippen MR) is 49.7 cm³/mol. The summed E-state index contributed by atoms with van der Waals surface area (Å²) in [5.41, 5.74) is 6.28. The Morgan fingerprint density at radius 1 is 1.69 bits per heavy atom. The van der Waals surface area contributed by atoms with E-state index >= 15 is 0 Å². The van der Waals surface area contributed by atoms with Crippen molar-refractivity contribution in [3.05, 3.63) is 22.3 Å². The molecule has 0 aliphatic heterocycles. The summed E-state index contributed by atoms with van der Waals surface area (Å²) < 4.78 is 4.53. The monoisotopic (exact) mass is 200 g/mol. The molecule has 0 saturated heterocycles. The van der Waals surface area contributed by atoms with Gasteiger partial charge in [-0.1, -0.05) is 11.6 Å². The topological polar surface area (TPSA) is 65.2 Å². The smallest absolute Gasteiger partial charge is 0.339 e. The van der Waals surface area contributed by atoms with Crippen LogP contribution in [0.1, 0.15) is 16.1 Å². The second-order valence-corrected chi connectivity index (χ2v) is 2.89. The SMILES string of the molecule is COC(=O)c1cc(Cl)c(N)nc1C. The molecule has 2 N–H and O–H groups in total. The van der Waals surface area contributed by atoms with Crippen molar-refractivity contribution < 1.29 is 9.53 Å². The first-order valence-corrected chi connectivity index (χ1v) is 3.95. The molecule has 0 amide bonds. The van der Waals surface area contributed by atoms with Gasteiger partial charge in [0.25, 0.3) is 0 Å². The Bertz CT molecular complexity index is 352. The largest absolute Gasteiger partial charge is 0.465 e. The van der Waals surface area contributed by atoms with Crippen LogP contribution in [0.4, 0.5) is 5.82 Å². The molecule has 0 saturated carbocycles. The predicted octanol–water partition coefficient (Wildman–Crippen LogP) is 1.41. The van der Waals surface area contributed by atoms with Gasteiger partial charge in [-0.3, -0.25) is 0 Å². The number of carbonyl (C=O) groups excluding carboxylic acids is 1. The van der Waals surface area contributed by atoms with E-state index in [4.69, 9.17) is 17.3 Å². The van der Waals surface area contributed by atoms with Crippen molar-refractivity contribution in [1.29, 1.82) is 0 Å².